The quantitative estimate of drug-likeness (QED) is 0.246. The molecule has 0 spiro atoms. The van der Waals surface area contributed by atoms with Gasteiger partial charge in [-0.3, -0.25) is 9.78 Å². The van der Waals surface area contributed by atoms with Gasteiger partial charge in [-0.05, 0) is 76.5 Å². The number of fused-ring (bicyclic) bond motifs is 1. The molecule has 1 aliphatic heterocycles. The Morgan fingerprint density at radius 1 is 1.14 bits per heavy atom. The molecule has 5 heterocycles. The second-order valence-corrected chi connectivity index (χ2v) is 10.8. The number of carbonyl (C=O) groups excluding carboxylic acids is 1. The number of hydrogen-bond acceptors (Lipinski definition) is 8. The average molecular weight is 567 g/mol. The van der Waals surface area contributed by atoms with Crippen LogP contribution in [0.25, 0.3) is 16.6 Å². The van der Waals surface area contributed by atoms with E-state index >= 15 is 0 Å². The standard InChI is InChI=1S/C32H38N8O2/c1-3-42-27-18-28(31-25(20-33)22-37-40(31)23-27)24-10-11-29(36-21-24)39-16-12-32(13-17-39,19-26-8-4-7-15-35-26)38-30(41)9-5-6-14-34-2/h4,7-8,10-11,15,18,21-23,34H,3,5-6,9,12-14,16-17,19H2,1-2H3,(H,38,41). The van der Waals surface area contributed by atoms with Gasteiger partial charge in [0.25, 0.3) is 0 Å². The zero-order chi connectivity index (χ0) is 29.4. The monoisotopic (exact) mass is 566 g/mol. The molecule has 5 rings (SSSR count). The van der Waals surface area contributed by atoms with Crippen molar-refractivity contribution in [2.24, 2.45) is 0 Å². The largest absolute Gasteiger partial charge is 0.492 e. The summed E-state index contributed by atoms with van der Waals surface area (Å²) in [6.07, 6.45) is 11.7. The normalized spacial score (nSPS) is 14.5. The van der Waals surface area contributed by atoms with Gasteiger partial charge in [0.1, 0.15) is 17.6 Å². The van der Waals surface area contributed by atoms with Crippen molar-refractivity contribution in [3.8, 4) is 22.9 Å². The Labute approximate surface area is 246 Å². The van der Waals surface area contributed by atoms with Gasteiger partial charge in [-0.15, -0.1) is 0 Å². The van der Waals surface area contributed by atoms with Crippen molar-refractivity contribution in [3.63, 3.8) is 0 Å². The van der Waals surface area contributed by atoms with E-state index in [1.165, 1.54) is 0 Å². The van der Waals surface area contributed by atoms with Crippen LogP contribution in [0.15, 0.2) is 61.2 Å². The van der Waals surface area contributed by atoms with Gasteiger partial charge in [-0.25, -0.2) is 9.50 Å². The number of aromatic nitrogens is 4. The Kier molecular flexibility index (Phi) is 9.29. The maximum atomic E-state index is 13.0. The fourth-order valence-corrected chi connectivity index (χ4v) is 5.68. The molecular weight excluding hydrogens is 528 g/mol. The van der Waals surface area contributed by atoms with E-state index in [-0.39, 0.29) is 11.4 Å². The summed E-state index contributed by atoms with van der Waals surface area (Å²) in [6, 6.07) is 14.2. The van der Waals surface area contributed by atoms with Gasteiger partial charge in [0.15, 0.2) is 0 Å². The number of pyridine rings is 3. The van der Waals surface area contributed by atoms with Crippen molar-refractivity contribution in [2.75, 3.05) is 38.2 Å². The molecule has 0 atom stereocenters. The Hall–Kier alpha value is -4.49. The van der Waals surface area contributed by atoms with Crippen LogP contribution in [0.2, 0.25) is 0 Å². The summed E-state index contributed by atoms with van der Waals surface area (Å²) in [5.74, 6) is 1.67. The first-order valence-electron chi connectivity index (χ1n) is 14.7. The van der Waals surface area contributed by atoms with Crippen molar-refractivity contribution in [1.82, 2.24) is 30.2 Å². The van der Waals surface area contributed by atoms with E-state index in [2.05, 4.69) is 31.7 Å². The molecule has 2 N–H and O–H groups in total. The molecule has 10 nitrogen and oxygen atoms in total. The zero-order valence-corrected chi connectivity index (χ0v) is 24.3. The number of nitriles is 1. The second kappa shape index (κ2) is 13.4. The van der Waals surface area contributed by atoms with Crippen LogP contribution in [0, 0.1) is 11.3 Å². The van der Waals surface area contributed by atoms with Crippen LogP contribution in [0.4, 0.5) is 5.82 Å². The fraction of sp³-hybridized carbons (Fsp3) is 0.406. The van der Waals surface area contributed by atoms with Crippen LogP contribution in [-0.2, 0) is 11.2 Å². The van der Waals surface area contributed by atoms with Gasteiger partial charge in [0.2, 0.25) is 5.91 Å². The molecule has 218 valence electrons. The smallest absolute Gasteiger partial charge is 0.220 e. The average Bonchev–Trinajstić information content (AvgIpc) is 3.43. The minimum atomic E-state index is -0.341. The van der Waals surface area contributed by atoms with Gasteiger partial charge in [0, 0.05) is 60.7 Å². The van der Waals surface area contributed by atoms with E-state index < -0.39 is 0 Å². The highest BCUT2D eigenvalue weighted by Crippen LogP contribution is 2.33. The van der Waals surface area contributed by atoms with Crippen molar-refractivity contribution >= 4 is 17.2 Å². The lowest BCUT2D eigenvalue weighted by Crippen LogP contribution is -2.57. The third kappa shape index (κ3) is 6.69. The fourth-order valence-electron chi connectivity index (χ4n) is 5.68. The van der Waals surface area contributed by atoms with E-state index in [1.54, 1.807) is 16.9 Å². The molecule has 4 aromatic rings. The number of amides is 1. The second-order valence-electron chi connectivity index (χ2n) is 10.8. The summed E-state index contributed by atoms with van der Waals surface area (Å²) in [7, 11) is 1.93. The Bertz CT molecular complexity index is 1520. The maximum Gasteiger partial charge on any atom is 0.220 e. The molecular formula is C32H38N8O2. The third-order valence-electron chi connectivity index (χ3n) is 7.85. The first-order chi connectivity index (χ1) is 20.5. The molecule has 4 aromatic heterocycles. The molecule has 0 saturated carbocycles. The molecule has 1 aliphatic rings. The first kappa shape index (κ1) is 29.0. The predicted octanol–water partition coefficient (Wildman–Crippen LogP) is 4.15. The Balaban J connectivity index is 1.32. The number of ether oxygens (including phenoxy) is 1. The van der Waals surface area contributed by atoms with Gasteiger partial charge >= 0.3 is 0 Å². The molecule has 42 heavy (non-hydrogen) atoms. The molecule has 0 aliphatic carbocycles. The van der Waals surface area contributed by atoms with Gasteiger partial charge in [0.05, 0.1) is 30.1 Å². The molecule has 1 amide bonds. The molecule has 0 unspecified atom stereocenters. The summed E-state index contributed by atoms with van der Waals surface area (Å²) in [5.41, 5.74) is 3.61. The molecule has 0 radical (unpaired) electrons. The van der Waals surface area contributed by atoms with E-state index in [4.69, 9.17) is 9.72 Å². The number of unbranched alkanes of at least 4 members (excludes halogenated alkanes) is 1. The van der Waals surface area contributed by atoms with Gasteiger partial charge < -0.3 is 20.3 Å². The van der Waals surface area contributed by atoms with Crippen LogP contribution >= 0.6 is 0 Å². The molecule has 1 fully saturated rings. The molecule has 0 aromatic carbocycles. The first-order valence-corrected chi connectivity index (χ1v) is 14.7. The summed E-state index contributed by atoms with van der Waals surface area (Å²) in [5, 5.41) is 20.5. The van der Waals surface area contributed by atoms with Crippen LogP contribution < -0.4 is 20.3 Å². The number of piperidine rings is 1. The number of nitrogens with zero attached hydrogens (tertiary/aromatic N) is 6. The van der Waals surface area contributed by atoms with E-state index in [0.717, 1.165) is 73.5 Å². The number of hydrogen-bond donors (Lipinski definition) is 2. The lowest BCUT2D eigenvalue weighted by Gasteiger charge is -2.43. The zero-order valence-electron chi connectivity index (χ0n) is 24.3. The van der Waals surface area contributed by atoms with Crippen molar-refractivity contribution in [2.45, 2.75) is 51.0 Å². The maximum absolute atomic E-state index is 13.0. The van der Waals surface area contributed by atoms with Crippen molar-refractivity contribution in [3.05, 3.63) is 72.4 Å². The van der Waals surface area contributed by atoms with Crippen LogP contribution in [-0.4, -0.2) is 64.3 Å². The summed E-state index contributed by atoms with van der Waals surface area (Å²) in [4.78, 5) is 24.6. The molecule has 10 heteroatoms. The van der Waals surface area contributed by atoms with Crippen LogP contribution in [0.1, 0.15) is 50.3 Å². The highest BCUT2D eigenvalue weighted by atomic mass is 16.5. The highest BCUT2D eigenvalue weighted by molar-refractivity contribution is 5.85. The predicted molar refractivity (Wildman–Crippen MR) is 162 cm³/mol. The van der Waals surface area contributed by atoms with Gasteiger partial charge in [-0.2, -0.15) is 10.4 Å². The Morgan fingerprint density at radius 3 is 2.69 bits per heavy atom. The number of carbonyl (C=O) groups is 1. The number of anilines is 1. The third-order valence-corrected chi connectivity index (χ3v) is 7.85. The van der Waals surface area contributed by atoms with Gasteiger partial charge in [-0.1, -0.05) is 6.07 Å². The number of rotatable bonds is 12. The Morgan fingerprint density at radius 2 is 2.00 bits per heavy atom. The topological polar surface area (TPSA) is 120 Å². The minimum absolute atomic E-state index is 0.107. The van der Waals surface area contributed by atoms with Crippen molar-refractivity contribution in [1.29, 1.82) is 5.26 Å². The summed E-state index contributed by atoms with van der Waals surface area (Å²) in [6.45, 7) is 4.92. The highest BCUT2D eigenvalue weighted by Gasteiger charge is 2.36. The number of nitrogens with one attached hydrogen (secondary N) is 2. The van der Waals surface area contributed by atoms with E-state index in [9.17, 15) is 10.1 Å². The lowest BCUT2D eigenvalue weighted by molar-refractivity contribution is -0.123. The van der Waals surface area contributed by atoms with E-state index in [0.29, 0.717) is 30.8 Å². The van der Waals surface area contributed by atoms with Crippen molar-refractivity contribution < 1.29 is 9.53 Å². The van der Waals surface area contributed by atoms with Crippen LogP contribution in [0.3, 0.4) is 0 Å². The minimum Gasteiger partial charge on any atom is -0.492 e. The molecule has 1 saturated heterocycles. The summed E-state index contributed by atoms with van der Waals surface area (Å²) < 4.78 is 7.44. The molecule has 0 bridgehead atoms. The summed E-state index contributed by atoms with van der Waals surface area (Å²) >= 11 is 0. The van der Waals surface area contributed by atoms with E-state index in [1.807, 2.05) is 62.8 Å². The SMILES string of the molecule is CCOc1cc(-c2ccc(N3CCC(Cc4ccccn4)(NC(=O)CCCCNC)CC3)nc2)c2c(C#N)cnn2c1. The van der Waals surface area contributed by atoms with Crippen LogP contribution in [0.5, 0.6) is 5.75 Å². The lowest BCUT2D eigenvalue weighted by atomic mass is 9.82.